The van der Waals surface area contributed by atoms with Crippen LogP contribution in [0.15, 0.2) is 0 Å². The van der Waals surface area contributed by atoms with E-state index in [4.69, 9.17) is 0 Å². The Labute approximate surface area is 97.4 Å². The van der Waals surface area contributed by atoms with Crippen LogP contribution in [0.5, 0.6) is 0 Å². The Hall–Kier alpha value is -1.10. The van der Waals surface area contributed by atoms with Gasteiger partial charge in [0.2, 0.25) is 11.8 Å². The van der Waals surface area contributed by atoms with Crippen molar-refractivity contribution in [2.75, 3.05) is 26.2 Å². The highest BCUT2D eigenvalue weighted by atomic mass is 16.2. The maximum absolute atomic E-state index is 11.3. The van der Waals surface area contributed by atoms with Crippen LogP contribution in [-0.2, 0) is 9.59 Å². The normalized spacial score (nSPS) is 9.88. The van der Waals surface area contributed by atoms with Gasteiger partial charge in [-0.3, -0.25) is 9.59 Å². The summed E-state index contributed by atoms with van der Waals surface area (Å²) in [5.41, 5.74) is 0. The van der Waals surface area contributed by atoms with Gasteiger partial charge in [-0.1, -0.05) is 13.8 Å². The summed E-state index contributed by atoms with van der Waals surface area (Å²) in [5.74, 6) is -0.117. The second-order valence-corrected chi connectivity index (χ2v) is 3.55. The zero-order valence-electron chi connectivity index (χ0n) is 10.3. The van der Waals surface area contributed by atoms with E-state index in [2.05, 4.69) is 16.0 Å². The van der Waals surface area contributed by atoms with Crippen LogP contribution >= 0.6 is 0 Å². The van der Waals surface area contributed by atoms with Gasteiger partial charge in [0.05, 0.1) is 0 Å². The van der Waals surface area contributed by atoms with Crippen molar-refractivity contribution in [1.82, 2.24) is 16.0 Å². The fraction of sp³-hybridized carbons (Fsp3) is 0.818. The van der Waals surface area contributed by atoms with E-state index < -0.39 is 0 Å². The first-order valence-corrected chi connectivity index (χ1v) is 5.94. The van der Waals surface area contributed by atoms with Gasteiger partial charge in [-0.2, -0.15) is 0 Å². The van der Waals surface area contributed by atoms with Gasteiger partial charge in [-0.25, -0.2) is 0 Å². The Morgan fingerprint density at radius 3 is 1.94 bits per heavy atom. The van der Waals surface area contributed by atoms with Gasteiger partial charge in [-0.05, 0) is 13.0 Å². The zero-order valence-corrected chi connectivity index (χ0v) is 10.3. The Kier molecular flexibility index (Phi) is 9.70. The average molecular weight is 229 g/mol. The lowest BCUT2D eigenvalue weighted by atomic mass is 10.2. The molecule has 0 saturated carbocycles. The third-order valence-electron chi connectivity index (χ3n) is 2.03. The minimum absolute atomic E-state index is 0.0521. The minimum Gasteiger partial charge on any atom is -0.356 e. The van der Waals surface area contributed by atoms with Crippen LogP contribution in [0.2, 0.25) is 0 Å². The number of hydrogen-bond donors (Lipinski definition) is 3. The summed E-state index contributed by atoms with van der Waals surface area (Å²) in [5, 5.41) is 8.58. The molecule has 0 bridgehead atoms. The quantitative estimate of drug-likeness (QED) is 0.488. The number of amides is 2. The largest absolute Gasteiger partial charge is 0.356 e. The first kappa shape index (κ1) is 14.9. The molecular formula is C11H23N3O2. The van der Waals surface area contributed by atoms with Gasteiger partial charge in [0.1, 0.15) is 0 Å². The second-order valence-electron chi connectivity index (χ2n) is 3.55. The summed E-state index contributed by atoms with van der Waals surface area (Å²) >= 11 is 0. The summed E-state index contributed by atoms with van der Waals surface area (Å²) in [4.78, 5) is 22.4. The Bertz CT molecular complexity index is 207. The maximum atomic E-state index is 11.3. The van der Waals surface area contributed by atoms with Crippen LogP contribution < -0.4 is 16.0 Å². The maximum Gasteiger partial charge on any atom is 0.220 e. The molecule has 5 nitrogen and oxygen atoms in total. The summed E-state index contributed by atoms with van der Waals surface area (Å²) < 4.78 is 0. The van der Waals surface area contributed by atoms with Crippen LogP contribution in [-0.4, -0.2) is 38.0 Å². The minimum atomic E-state index is -0.0652. The van der Waals surface area contributed by atoms with Crippen molar-refractivity contribution in [2.24, 2.45) is 0 Å². The van der Waals surface area contributed by atoms with Crippen LogP contribution in [0, 0.1) is 0 Å². The monoisotopic (exact) mass is 229 g/mol. The summed E-state index contributed by atoms with van der Waals surface area (Å²) in [6.45, 7) is 6.97. The third kappa shape index (κ3) is 9.45. The molecule has 2 amide bonds. The number of carbonyl (C=O) groups excluding carboxylic acids is 2. The number of hydrogen-bond acceptors (Lipinski definition) is 3. The van der Waals surface area contributed by atoms with Crippen molar-refractivity contribution >= 4 is 11.8 Å². The highest BCUT2D eigenvalue weighted by Gasteiger charge is 2.05. The molecule has 94 valence electrons. The molecule has 0 atom stereocenters. The van der Waals surface area contributed by atoms with E-state index in [9.17, 15) is 9.59 Å². The van der Waals surface area contributed by atoms with Crippen LogP contribution in [0.25, 0.3) is 0 Å². The average Bonchev–Trinajstić information content (AvgIpc) is 2.29. The van der Waals surface area contributed by atoms with Crippen molar-refractivity contribution in [2.45, 2.75) is 33.1 Å². The summed E-state index contributed by atoms with van der Waals surface area (Å²) in [7, 11) is 0. The molecule has 16 heavy (non-hydrogen) atoms. The van der Waals surface area contributed by atoms with Gasteiger partial charge < -0.3 is 16.0 Å². The van der Waals surface area contributed by atoms with E-state index in [1.54, 1.807) is 0 Å². The molecule has 0 rings (SSSR count). The van der Waals surface area contributed by atoms with Gasteiger partial charge in [0.25, 0.3) is 0 Å². The molecule has 0 fully saturated rings. The molecule has 0 spiro atoms. The molecule has 0 radical (unpaired) electrons. The summed E-state index contributed by atoms with van der Waals surface area (Å²) in [6, 6.07) is 0. The number of carbonyl (C=O) groups is 2. The second kappa shape index (κ2) is 10.4. The molecule has 0 unspecified atom stereocenters. The SMILES string of the molecule is CCCNC(=O)CCC(=O)NCCNCC. The van der Waals surface area contributed by atoms with Crippen molar-refractivity contribution in [3.63, 3.8) is 0 Å². The van der Waals surface area contributed by atoms with Crippen LogP contribution in [0.1, 0.15) is 33.1 Å². The number of nitrogens with one attached hydrogen (secondary N) is 3. The molecule has 0 aromatic carbocycles. The molecule has 0 aliphatic heterocycles. The van der Waals surface area contributed by atoms with E-state index in [1.165, 1.54) is 0 Å². The standard InChI is InChI=1S/C11H23N3O2/c1-3-7-13-10(15)5-6-11(16)14-9-8-12-4-2/h12H,3-9H2,1-2H3,(H,13,15)(H,14,16). The van der Waals surface area contributed by atoms with E-state index in [-0.39, 0.29) is 24.7 Å². The smallest absolute Gasteiger partial charge is 0.220 e. The molecule has 5 heteroatoms. The van der Waals surface area contributed by atoms with Gasteiger partial charge in [0, 0.05) is 32.5 Å². The molecule has 0 aliphatic carbocycles. The van der Waals surface area contributed by atoms with Crippen LogP contribution in [0.4, 0.5) is 0 Å². The predicted molar refractivity (Wildman–Crippen MR) is 64.1 cm³/mol. The number of rotatable bonds is 9. The topological polar surface area (TPSA) is 70.2 Å². The Morgan fingerprint density at radius 1 is 0.875 bits per heavy atom. The van der Waals surface area contributed by atoms with Crippen molar-refractivity contribution in [1.29, 1.82) is 0 Å². The van der Waals surface area contributed by atoms with Crippen molar-refractivity contribution in [3.8, 4) is 0 Å². The molecule has 0 aromatic heterocycles. The molecule has 0 saturated heterocycles. The Balaban J connectivity index is 3.38. The van der Waals surface area contributed by atoms with Crippen molar-refractivity contribution in [3.05, 3.63) is 0 Å². The molecule has 0 aromatic rings. The lowest BCUT2D eigenvalue weighted by Gasteiger charge is -2.05. The van der Waals surface area contributed by atoms with Gasteiger partial charge >= 0.3 is 0 Å². The fourth-order valence-corrected chi connectivity index (χ4v) is 1.14. The lowest BCUT2D eigenvalue weighted by molar-refractivity contribution is -0.126. The van der Waals surface area contributed by atoms with Crippen LogP contribution in [0.3, 0.4) is 0 Å². The third-order valence-corrected chi connectivity index (χ3v) is 2.03. The predicted octanol–water partition coefficient (Wildman–Crippen LogP) is 0.0185. The highest BCUT2D eigenvalue weighted by molar-refractivity contribution is 5.83. The lowest BCUT2D eigenvalue weighted by Crippen LogP contribution is -2.32. The Morgan fingerprint density at radius 2 is 1.44 bits per heavy atom. The van der Waals surface area contributed by atoms with E-state index >= 15 is 0 Å². The van der Waals surface area contributed by atoms with E-state index in [0.29, 0.717) is 13.1 Å². The van der Waals surface area contributed by atoms with E-state index in [0.717, 1.165) is 19.5 Å². The van der Waals surface area contributed by atoms with Crippen molar-refractivity contribution < 1.29 is 9.59 Å². The van der Waals surface area contributed by atoms with Gasteiger partial charge in [0.15, 0.2) is 0 Å². The summed E-state index contributed by atoms with van der Waals surface area (Å²) in [6.07, 6.45) is 1.45. The molecular weight excluding hydrogens is 206 g/mol. The highest BCUT2D eigenvalue weighted by Crippen LogP contribution is 1.89. The van der Waals surface area contributed by atoms with E-state index in [1.807, 2.05) is 13.8 Å². The van der Waals surface area contributed by atoms with Gasteiger partial charge in [-0.15, -0.1) is 0 Å². The molecule has 0 aliphatic rings. The first-order valence-electron chi connectivity index (χ1n) is 5.94. The first-order chi connectivity index (χ1) is 7.70. The molecule has 3 N–H and O–H groups in total. The number of likely N-dealkylation sites (N-methyl/N-ethyl adjacent to an activating group) is 1. The fourth-order valence-electron chi connectivity index (χ4n) is 1.14. The zero-order chi connectivity index (χ0) is 12.2. The molecule has 0 heterocycles.